The van der Waals surface area contributed by atoms with Gasteiger partial charge in [-0.25, -0.2) is 0 Å². The summed E-state index contributed by atoms with van der Waals surface area (Å²) in [6.07, 6.45) is 19.1. The average molecular weight is 277 g/mol. The molecule has 0 saturated heterocycles. The molecule has 0 radical (unpaired) electrons. The van der Waals surface area contributed by atoms with Crippen molar-refractivity contribution in [3.63, 3.8) is 0 Å². The highest BCUT2D eigenvalue weighted by molar-refractivity contribution is 4.79. The SMILES string of the molecule is C=CCC=C.C=CCCCC=C.C=CCCCC=C.N. The molecule has 20 heavy (non-hydrogen) atoms. The van der Waals surface area contributed by atoms with Gasteiger partial charge in [-0.2, -0.15) is 0 Å². The van der Waals surface area contributed by atoms with E-state index >= 15 is 0 Å². The van der Waals surface area contributed by atoms with E-state index in [1.807, 2.05) is 36.5 Å². The van der Waals surface area contributed by atoms with Crippen LogP contribution in [0.4, 0.5) is 0 Å². The van der Waals surface area contributed by atoms with Gasteiger partial charge in [-0.1, -0.05) is 36.5 Å². The first-order valence-electron chi connectivity index (χ1n) is 6.90. The fourth-order valence-corrected chi connectivity index (χ4v) is 0.931. The van der Waals surface area contributed by atoms with Crippen molar-refractivity contribution < 1.29 is 0 Å². The lowest BCUT2D eigenvalue weighted by atomic mass is 10.2. The average Bonchev–Trinajstić information content (AvgIpc) is 2.42. The highest BCUT2D eigenvalue weighted by atomic mass is 14.0. The Balaban J connectivity index is -0.0000000952. The quantitative estimate of drug-likeness (QED) is 0.339. The lowest BCUT2D eigenvalue weighted by molar-refractivity contribution is 0.871. The monoisotopic (exact) mass is 277 g/mol. The smallest absolute Gasteiger partial charge is 0.0175 e. The number of hydrogen-bond donors (Lipinski definition) is 1. The minimum absolute atomic E-state index is 0. The molecule has 0 spiro atoms. The van der Waals surface area contributed by atoms with Gasteiger partial charge >= 0.3 is 0 Å². The van der Waals surface area contributed by atoms with Crippen LogP contribution in [0.5, 0.6) is 0 Å². The van der Waals surface area contributed by atoms with Crippen molar-refractivity contribution in [1.29, 1.82) is 0 Å². The molecule has 0 unspecified atom stereocenters. The van der Waals surface area contributed by atoms with Gasteiger partial charge in [0.25, 0.3) is 0 Å². The first-order valence-corrected chi connectivity index (χ1v) is 6.90. The van der Waals surface area contributed by atoms with Crippen LogP contribution in [0.25, 0.3) is 0 Å². The molecule has 116 valence electrons. The highest BCUT2D eigenvalue weighted by Gasteiger charge is 1.74. The Labute approximate surface area is 127 Å². The maximum atomic E-state index is 3.60. The van der Waals surface area contributed by atoms with Crippen LogP contribution in [-0.2, 0) is 0 Å². The Morgan fingerprint density at radius 1 is 0.450 bits per heavy atom. The van der Waals surface area contributed by atoms with E-state index in [-0.39, 0.29) is 6.15 Å². The largest absolute Gasteiger partial charge is 0.344 e. The van der Waals surface area contributed by atoms with Gasteiger partial charge in [0.05, 0.1) is 0 Å². The molecule has 0 aromatic rings. The van der Waals surface area contributed by atoms with Gasteiger partial charge in [0.2, 0.25) is 0 Å². The molecule has 0 heterocycles. The van der Waals surface area contributed by atoms with Crippen LogP contribution >= 0.6 is 0 Å². The van der Waals surface area contributed by atoms with E-state index in [2.05, 4.69) is 39.5 Å². The fraction of sp³-hybridized carbons (Fsp3) is 0.368. The van der Waals surface area contributed by atoms with Gasteiger partial charge < -0.3 is 6.15 Å². The summed E-state index contributed by atoms with van der Waals surface area (Å²) in [5.74, 6) is 0. The first-order chi connectivity index (χ1) is 9.24. The molecule has 0 bridgehead atoms. The Hall–Kier alpha value is -1.60. The lowest BCUT2D eigenvalue weighted by Crippen LogP contribution is -1.64. The molecule has 0 aliphatic rings. The maximum Gasteiger partial charge on any atom is -0.0175 e. The van der Waals surface area contributed by atoms with Crippen LogP contribution in [0, 0.1) is 0 Å². The van der Waals surface area contributed by atoms with Crippen LogP contribution in [0.2, 0.25) is 0 Å². The maximum absolute atomic E-state index is 3.60. The number of allylic oxidation sites excluding steroid dienone is 6. The number of hydrogen-bond acceptors (Lipinski definition) is 1. The third kappa shape index (κ3) is 55.1. The minimum Gasteiger partial charge on any atom is -0.344 e. The van der Waals surface area contributed by atoms with Gasteiger partial charge in [0.15, 0.2) is 0 Å². The van der Waals surface area contributed by atoms with Crippen LogP contribution < -0.4 is 6.15 Å². The van der Waals surface area contributed by atoms with E-state index in [0.29, 0.717) is 0 Å². The summed E-state index contributed by atoms with van der Waals surface area (Å²) >= 11 is 0. The van der Waals surface area contributed by atoms with E-state index in [0.717, 1.165) is 32.1 Å². The molecule has 0 saturated carbocycles. The van der Waals surface area contributed by atoms with Crippen molar-refractivity contribution in [2.45, 2.75) is 44.9 Å². The number of rotatable bonds is 10. The van der Waals surface area contributed by atoms with E-state index in [1.54, 1.807) is 0 Å². The predicted octanol–water partition coefficient (Wildman–Crippen LogP) is 6.97. The summed E-state index contributed by atoms with van der Waals surface area (Å²) in [4.78, 5) is 0. The Bertz CT molecular complexity index is 186. The zero-order chi connectivity index (χ0) is 15.2. The zero-order valence-electron chi connectivity index (χ0n) is 13.4. The predicted molar refractivity (Wildman–Crippen MR) is 98.5 cm³/mol. The molecule has 1 heteroatoms. The summed E-state index contributed by atoms with van der Waals surface area (Å²) in [6, 6.07) is 0. The summed E-state index contributed by atoms with van der Waals surface area (Å²) in [7, 11) is 0. The molecule has 0 fully saturated rings. The standard InChI is InChI=1S/2C7H12.C5H8.H3N/c2*1-3-5-7-6-4-2;1-3-5-4-2;/h2*3-4H,1-2,5-7H2;3-4H,1-2,5H2;1H3. The molecule has 1 nitrogen and oxygen atoms in total. The molecule has 0 aromatic carbocycles. The Morgan fingerprint density at radius 3 is 0.800 bits per heavy atom. The van der Waals surface area contributed by atoms with E-state index in [4.69, 9.17) is 0 Å². The van der Waals surface area contributed by atoms with Gasteiger partial charge in [-0.05, 0) is 44.9 Å². The first kappa shape index (κ1) is 26.9. The summed E-state index contributed by atoms with van der Waals surface area (Å²) < 4.78 is 0. The molecule has 3 N–H and O–H groups in total. The topological polar surface area (TPSA) is 35.0 Å². The van der Waals surface area contributed by atoms with Gasteiger partial charge in [-0.15, -0.1) is 39.5 Å². The van der Waals surface area contributed by atoms with Gasteiger partial charge in [0.1, 0.15) is 0 Å². The Kier molecular flexibility index (Phi) is 48.4. The number of unbranched alkanes of at least 4 members (excludes halogenated alkanes) is 4. The summed E-state index contributed by atoms with van der Waals surface area (Å²) in [5, 5.41) is 0. The zero-order valence-corrected chi connectivity index (χ0v) is 13.4. The van der Waals surface area contributed by atoms with Crippen molar-refractivity contribution in [3.8, 4) is 0 Å². The van der Waals surface area contributed by atoms with E-state index < -0.39 is 0 Å². The molecule has 0 aliphatic carbocycles. The second-order valence-corrected chi connectivity index (χ2v) is 3.83. The fourth-order valence-electron chi connectivity index (χ4n) is 0.931. The van der Waals surface area contributed by atoms with Crippen molar-refractivity contribution in [2.24, 2.45) is 0 Å². The lowest BCUT2D eigenvalue weighted by Gasteiger charge is -1.84. The van der Waals surface area contributed by atoms with Crippen LogP contribution in [0.1, 0.15) is 44.9 Å². The van der Waals surface area contributed by atoms with Crippen LogP contribution in [0.15, 0.2) is 75.9 Å². The normalized spacial score (nSPS) is 7.20. The molecule has 0 aliphatic heterocycles. The molecule has 0 aromatic heterocycles. The van der Waals surface area contributed by atoms with Crippen molar-refractivity contribution >= 4 is 0 Å². The Morgan fingerprint density at radius 2 is 0.700 bits per heavy atom. The van der Waals surface area contributed by atoms with Crippen LogP contribution in [0.3, 0.4) is 0 Å². The van der Waals surface area contributed by atoms with Crippen molar-refractivity contribution in [3.05, 3.63) is 75.9 Å². The van der Waals surface area contributed by atoms with Crippen LogP contribution in [-0.4, -0.2) is 0 Å². The molecular formula is C19H35N. The highest BCUT2D eigenvalue weighted by Crippen LogP contribution is 1.94. The van der Waals surface area contributed by atoms with Gasteiger partial charge in [0, 0.05) is 0 Å². The summed E-state index contributed by atoms with van der Waals surface area (Å²) in [5.41, 5.74) is 0. The molecule has 0 amide bonds. The molecular weight excluding hydrogens is 242 g/mol. The van der Waals surface area contributed by atoms with E-state index in [9.17, 15) is 0 Å². The minimum atomic E-state index is 0. The third-order valence-electron chi connectivity index (χ3n) is 1.97. The van der Waals surface area contributed by atoms with E-state index in [1.165, 1.54) is 12.8 Å². The van der Waals surface area contributed by atoms with Crippen molar-refractivity contribution in [1.82, 2.24) is 6.15 Å². The second kappa shape index (κ2) is 36.0. The molecule has 0 atom stereocenters. The second-order valence-electron chi connectivity index (χ2n) is 3.83. The van der Waals surface area contributed by atoms with Crippen molar-refractivity contribution in [2.75, 3.05) is 0 Å². The molecule has 0 rings (SSSR count). The third-order valence-corrected chi connectivity index (χ3v) is 1.97. The van der Waals surface area contributed by atoms with Gasteiger partial charge in [-0.3, -0.25) is 0 Å². The summed E-state index contributed by atoms with van der Waals surface area (Å²) in [6.45, 7) is 21.4.